The number of aryl methyl sites for hydroxylation is 2. The molecule has 0 fully saturated rings. The van der Waals surface area contributed by atoms with Gasteiger partial charge in [-0.2, -0.15) is 5.10 Å². The van der Waals surface area contributed by atoms with Crippen LogP contribution in [0.2, 0.25) is 5.02 Å². The summed E-state index contributed by atoms with van der Waals surface area (Å²) in [6, 6.07) is 3.98. The molecule has 2 rings (SSSR count). The molecular weight excluding hydrogens is 274 g/mol. The number of hydrogen-bond donors (Lipinski definition) is 1. The lowest BCUT2D eigenvalue weighted by Crippen LogP contribution is -2.07. The van der Waals surface area contributed by atoms with E-state index >= 15 is 0 Å². The third-order valence-electron chi connectivity index (χ3n) is 3.33. The molecule has 1 heterocycles. The molecule has 1 aromatic carbocycles. The molecule has 2 aromatic rings. The zero-order chi connectivity index (χ0) is 14.7. The second-order valence-corrected chi connectivity index (χ2v) is 5.20. The fourth-order valence-electron chi connectivity index (χ4n) is 2.04. The fourth-order valence-corrected chi connectivity index (χ4v) is 2.19. The van der Waals surface area contributed by atoms with E-state index in [1.54, 1.807) is 7.11 Å². The Morgan fingerprint density at radius 2 is 2.20 bits per heavy atom. The Hall–Kier alpha value is -1.68. The van der Waals surface area contributed by atoms with Gasteiger partial charge in [0.25, 0.3) is 0 Å². The molecule has 0 amide bonds. The van der Waals surface area contributed by atoms with Gasteiger partial charge in [0.1, 0.15) is 5.75 Å². The van der Waals surface area contributed by atoms with Gasteiger partial charge >= 0.3 is 0 Å². The van der Waals surface area contributed by atoms with Crippen molar-refractivity contribution >= 4 is 17.3 Å². The molecule has 0 saturated heterocycles. The molecule has 0 aliphatic heterocycles. The van der Waals surface area contributed by atoms with Gasteiger partial charge in [-0.25, -0.2) is 0 Å². The number of nitrogens with zero attached hydrogens (tertiary/aromatic N) is 2. The third kappa shape index (κ3) is 3.07. The van der Waals surface area contributed by atoms with E-state index in [1.807, 2.05) is 36.1 Å². The van der Waals surface area contributed by atoms with Crippen LogP contribution in [-0.4, -0.2) is 16.9 Å². The second kappa shape index (κ2) is 6.18. The predicted octanol–water partition coefficient (Wildman–Crippen LogP) is 4.05. The van der Waals surface area contributed by atoms with Gasteiger partial charge in [0.2, 0.25) is 0 Å². The molecule has 4 nitrogen and oxygen atoms in total. The standard InChI is InChI=1S/C15H20ClN3O/c1-5-19-9-12(8-17-19)11(3)18-14-6-10(2)13(16)7-15(14)20-4/h6-9,11,18H,5H2,1-4H3. The summed E-state index contributed by atoms with van der Waals surface area (Å²) >= 11 is 6.12. The molecule has 0 spiro atoms. The van der Waals surface area contributed by atoms with Gasteiger partial charge in [-0.1, -0.05) is 11.6 Å². The minimum absolute atomic E-state index is 0.143. The van der Waals surface area contributed by atoms with Crippen LogP contribution >= 0.6 is 11.6 Å². The number of anilines is 1. The number of rotatable bonds is 5. The highest BCUT2D eigenvalue weighted by atomic mass is 35.5. The molecule has 1 aromatic heterocycles. The van der Waals surface area contributed by atoms with Crippen LogP contribution in [0.5, 0.6) is 5.75 Å². The van der Waals surface area contributed by atoms with Gasteiger partial charge < -0.3 is 10.1 Å². The number of hydrogen-bond acceptors (Lipinski definition) is 3. The number of halogens is 1. The number of methoxy groups -OCH3 is 1. The molecule has 0 aliphatic rings. The molecule has 1 unspecified atom stereocenters. The maximum Gasteiger partial charge on any atom is 0.143 e. The Balaban J connectivity index is 2.22. The van der Waals surface area contributed by atoms with Gasteiger partial charge in [0, 0.05) is 29.4 Å². The van der Waals surface area contributed by atoms with E-state index in [-0.39, 0.29) is 6.04 Å². The molecule has 20 heavy (non-hydrogen) atoms. The first kappa shape index (κ1) is 14.7. The summed E-state index contributed by atoms with van der Waals surface area (Å²) in [5, 5.41) is 8.45. The van der Waals surface area contributed by atoms with E-state index in [2.05, 4.69) is 24.3 Å². The number of aromatic nitrogens is 2. The first-order valence-electron chi connectivity index (χ1n) is 6.68. The van der Waals surface area contributed by atoms with Crippen molar-refractivity contribution in [2.24, 2.45) is 0 Å². The summed E-state index contributed by atoms with van der Waals surface area (Å²) in [7, 11) is 1.64. The van der Waals surface area contributed by atoms with Crippen LogP contribution in [0, 0.1) is 6.92 Å². The van der Waals surface area contributed by atoms with Crippen molar-refractivity contribution in [1.29, 1.82) is 0 Å². The molecular formula is C15H20ClN3O. The van der Waals surface area contributed by atoms with Gasteiger partial charge in [-0.15, -0.1) is 0 Å². The van der Waals surface area contributed by atoms with E-state index in [4.69, 9.17) is 16.3 Å². The Labute approximate surface area is 124 Å². The van der Waals surface area contributed by atoms with E-state index in [9.17, 15) is 0 Å². The van der Waals surface area contributed by atoms with Crippen LogP contribution in [0.1, 0.15) is 31.0 Å². The minimum atomic E-state index is 0.143. The molecule has 1 N–H and O–H groups in total. The highest BCUT2D eigenvalue weighted by Crippen LogP contribution is 2.33. The Morgan fingerprint density at radius 1 is 1.45 bits per heavy atom. The molecule has 0 bridgehead atoms. The molecule has 0 saturated carbocycles. The van der Waals surface area contributed by atoms with Gasteiger partial charge in [0.15, 0.2) is 0 Å². The first-order chi connectivity index (χ1) is 9.55. The summed E-state index contributed by atoms with van der Waals surface area (Å²) < 4.78 is 7.29. The maximum absolute atomic E-state index is 6.12. The summed E-state index contributed by atoms with van der Waals surface area (Å²) in [5.74, 6) is 0.746. The van der Waals surface area contributed by atoms with Crippen molar-refractivity contribution < 1.29 is 4.74 Å². The van der Waals surface area contributed by atoms with Crippen LogP contribution in [-0.2, 0) is 6.54 Å². The van der Waals surface area contributed by atoms with Crippen LogP contribution in [0.4, 0.5) is 5.69 Å². The Bertz CT molecular complexity index is 595. The Kier molecular flexibility index (Phi) is 4.55. The number of nitrogens with one attached hydrogen (secondary N) is 1. The van der Waals surface area contributed by atoms with Crippen LogP contribution in [0.25, 0.3) is 0 Å². The SMILES string of the molecule is CCn1cc(C(C)Nc2cc(C)c(Cl)cc2OC)cn1. The third-order valence-corrected chi connectivity index (χ3v) is 3.74. The van der Waals surface area contributed by atoms with Crippen LogP contribution in [0.3, 0.4) is 0 Å². The minimum Gasteiger partial charge on any atom is -0.495 e. The van der Waals surface area contributed by atoms with Crippen molar-refractivity contribution in [3.05, 3.63) is 40.7 Å². The lowest BCUT2D eigenvalue weighted by atomic mass is 10.1. The number of benzene rings is 1. The number of ether oxygens (including phenoxy) is 1. The summed E-state index contributed by atoms with van der Waals surface area (Å²) in [6.07, 6.45) is 3.93. The van der Waals surface area contributed by atoms with Crippen molar-refractivity contribution in [3.63, 3.8) is 0 Å². The summed E-state index contributed by atoms with van der Waals surface area (Å²) in [5.41, 5.74) is 3.10. The topological polar surface area (TPSA) is 39.1 Å². The summed E-state index contributed by atoms with van der Waals surface area (Å²) in [6.45, 7) is 7.02. The van der Waals surface area contributed by atoms with Crippen LogP contribution < -0.4 is 10.1 Å². The van der Waals surface area contributed by atoms with Crippen molar-refractivity contribution in [1.82, 2.24) is 9.78 Å². The average molecular weight is 294 g/mol. The molecule has 0 aliphatic carbocycles. The fraction of sp³-hybridized carbons (Fsp3) is 0.400. The van der Waals surface area contributed by atoms with E-state index in [0.717, 1.165) is 29.1 Å². The van der Waals surface area contributed by atoms with Gasteiger partial charge in [-0.3, -0.25) is 4.68 Å². The van der Waals surface area contributed by atoms with E-state index in [1.165, 1.54) is 0 Å². The zero-order valence-corrected chi connectivity index (χ0v) is 13.0. The lowest BCUT2D eigenvalue weighted by molar-refractivity contribution is 0.416. The van der Waals surface area contributed by atoms with Crippen molar-refractivity contribution in [2.75, 3.05) is 12.4 Å². The predicted molar refractivity (Wildman–Crippen MR) is 82.7 cm³/mol. The first-order valence-corrected chi connectivity index (χ1v) is 7.06. The van der Waals surface area contributed by atoms with Gasteiger partial charge in [-0.05, 0) is 32.4 Å². The monoisotopic (exact) mass is 293 g/mol. The second-order valence-electron chi connectivity index (χ2n) is 4.80. The largest absolute Gasteiger partial charge is 0.495 e. The molecule has 0 radical (unpaired) electrons. The normalized spacial score (nSPS) is 12.2. The van der Waals surface area contributed by atoms with Gasteiger partial charge in [0.05, 0.1) is 25.0 Å². The van der Waals surface area contributed by atoms with Crippen molar-refractivity contribution in [2.45, 2.75) is 33.4 Å². The Morgan fingerprint density at radius 3 is 2.80 bits per heavy atom. The lowest BCUT2D eigenvalue weighted by Gasteiger charge is -2.17. The van der Waals surface area contributed by atoms with E-state index < -0.39 is 0 Å². The van der Waals surface area contributed by atoms with E-state index in [0.29, 0.717) is 5.02 Å². The highest BCUT2D eigenvalue weighted by Gasteiger charge is 2.12. The summed E-state index contributed by atoms with van der Waals surface area (Å²) in [4.78, 5) is 0. The average Bonchev–Trinajstić information content (AvgIpc) is 2.91. The van der Waals surface area contributed by atoms with Crippen LogP contribution in [0.15, 0.2) is 24.5 Å². The molecule has 5 heteroatoms. The quantitative estimate of drug-likeness (QED) is 0.904. The molecule has 108 valence electrons. The highest BCUT2D eigenvalue weighted by molar-refractivity contribution is 6.31. The van der Waals surface area contributed by atoms with Crippen molar-refractivity contribution in [3.8, 4) is 5.75 Å². The maximum atomic E-state index is 6.12. The molecule has 1 atom stereocenters. The zero-order valence-electron chi connectivity index (χ0n) is 12.3. The smallest absolute Gasteiger partial charge is 0.143 e.